The summed E-state index contributed by atoms with van der Waals surface area (Å²) in [4.78, 5) is 4.18. The zero-order chi connectivity index (χ0) is 34.9. The third-order valence-corrected chi connectivity index (χ3v) is 12.5. The summed E-state index contributed by atoms with van der Waals surface area (Å²) in [5.74, 6) is 0. The maximum Gasteiger partial charge on any atom is 0.214 e. The normalized spacial score (nSPS) is 13.3. The van der Waals surface area contributed by atoms with Crippen molar-refractivity contribution in [2.75, 3.05) is 0 Å². The van der Waals surface area contributed by atoms with Crippen LogP contribution in [0.25, 0.3) is 91.1 Å². The van der Waals surface area contributed by atoms with Crippen LogP contribution in [0.1, 0.15) is 30.5 Å². The summed E-state index contributed by atoms with van der Waals surface area (Å²) in [6.07, 6.45) is 0. The number of fused-ring (bicyclic) bond motifs is 12. The zero-order valence-electron chi connectivity index (χ0n) is 28.4. The number of hydrogen-bond acceptors (Lipinski definition) is 2. The van der Waals surface area contributed by atoms with Crippen molar-refractivity contribution in [3.05, 3.63) is 162 Å². The highest BCUT2D eigenvalue weighted by Gasteiger charge is 2.36. The molecule has 0 bridgehead atoms. The summed E-state index contributed by atoms with van der Waals surface area (Å²) < 4.78 is 7.02. The predicted octanol–water partition coefficient (Wildman–Crippen LogP) is 13.0. The summed E-state index contributed by atoms with van der Waals surface area (Å²) in [5.41, 5.74) is 11.5. The second kappa shape index (κ2) is 10.2. The molecule has 0 spiro atoms. The van der Waals surface area contributed by atoms with Gasteiger partial charge in [0.25, 0.3) is 0 Å². The molecule has 0 N–H and O–H groups in total. The Morgan fingerprint density at radius 3 is 1.98 bits per heavy atom. The van der Waals surface area contributed by atoms with Crippen LogP contribution < -0.4 is 0 Å². The fourth-order valence-corrected chi connectivity index (χ4v) is 10.1. The minimum absolute atomic E-state index is 0.207. The van der Waals surface area contributed by atoms with E-state index in [9.17, 15) is 5.26 Å². The van der Waals surface area contributed by atoms with Crippen molar-refractivity contribution >= 4 is 80.8 Å². The van der Waals surface area contributed by atoms with Gasteiger partial charge in [0.1, 0.15) is 0 Å². The Morgan fingerprint density at radius 1 is 0.577 bits per heavy atom. The van der Waals surface area contributed by atoms with E-state index in [-0.39, 0.29) is 5.41 Å². The van der Waals surface area contributed by atoms with E-state index in [4.69, 9.17) is 6.57 Å². The molecule has 11 rings (SSSR count). The molecular weight excluding hydrogens is 653 g/mol. The molecule has 0 unspecified atom stereocenters. The fraction of sp³-hybridized carbons (Fsp3) is 0.0638. The molecule has 0 atom stereocenters. The van der Waals surface area contributed by atoms with Crippen LogP contribution in [0.4, 0.5) is 5.69 Å². The Bertz CT molecular complexity index is 3250. The SMILES string of the molecule is [C-]#[N+]c1cc(C#N)cc(-n2c3ccccc3c3ccccc32)c1-n1c2cc3c(cc2c2cc4c(cc21)sc1ccccc14)-c1ccccc1C3(C)C. The molecule has 0 fully saturated rings. The minimum Gasteiger partial charge on any atom is -0.317 e. The smallest absolute Gasteiger partial charge is 0.214 e. The van der Waals surface area contributed by atoms with Gasteiger partial charge >= 0.3 is 0 Å². The van der Waals surface area contributed by atoms with Gasteiger partial charge in [-0.15, -0.1) is 11.3 Å². The molecule has 3 heterocycles. The molecule has 1 aliphatic carbocycles. The predicted molar refractivity (Wildman–Crippen MR) is 217 cm³/mol. The van der Waals surface area contributed by atoms with Gasteiger partial charge in [-0.25, -0.2) is 4.85 Å². The molecule has 0 saturated carbocycles. The Hall–Kier alpha value is -6.66. The van der Waals surface area contributed by atoms with Crippen LogP contribution >= 0.6 is 11.3 Å². The number of rotatable bonds is 2. The summed E-state index contributed by atoms with van der Waals surface area (Å²) in [7, 11) is 0. The summed E-state index contributed by atoms with van der Waals surface area (Å²) in [5, 5.41) is 17.4. The van der Waals surface area contributed by atoms with E-state index in [0.29, 0.717) is 11.3 Å². The van der Waals surface area contributed by atoms with Gasteiger partial charge in [0.05, 0.1) is 46.1 Å². The lowest BCUT2D eigenvalue weighted by molar-refractivity contribution is 0.661. The van der Waals surface area contributed by atoms with Crippen molar-refractivity contribution in [2.24, 2.45) is 0 Å². The van der Waals surface area contributed by atoms with Crippen molar-refractivity contribution in [1.82, 2.24) is 9.13 Å². The third kappa shape index (κ3) is 3.68. The highest BCUT2D eigenvalue weighted by molar-refractivity contribution is 7.25. The lowest BCUT2D eigenvalue weighted by atomic mass is 9.82. The number of hydrogen-bond donors (Lipinski definition) is 0. The molecule has 1 aliphatic rings. The van der Waals surface area contributed by atoms with Gasteiger partial charge < -0.3 is 9.13 Å². The topological polar surface area (TPSA) is 38.0 Å². The number of thiophene rings is 1. The number of benzene rings is 7. The lowest BCUT2D eigenvalue weighted by Crippen LogP contribution is -2.15. The van der Waals surface area contributed by atoms with Gasteiger partial charge in [0.2, 0.25) is 5.69 Å². The average Bonchev–Trinajstić information content (AvgIpc) is 3.87. The summed E-state index contributed by atoms with van der Waals surface area (Å²) in [6.45, 7) is 13.2. The second-order valence-electron chi connectivity index (χ2n) is 14.3. The van der Waals surface area contributed by atoms with Crippen LogP contribution in [0.2, 0.25) is 0 Å². The monoisotopic (exact) mass is 680 g/mol. The molecule has 3 aromatic heterocycles. The van der Waals surface area contributed by atoms with E-state index in [0.717, 1.165) is 55.0 Å². The first kappa shape index (κ1) is 29.1. The molecule has 10 aromatic rings. The number of nitriles is 1. The Balaban J connectivity index is 1.36. The first-order valence-corrected chi connectivity index (χ1v) is 18.3. The van der Waals surface area contributed by atoms with Crippen molar-refractivity contribution in [3.8, 4) is 28.6 Å². The average molecular weight is 681 g/mol. The largest absolute Gasteiger partial charge is 0.317 e. The van der Waals surface area contributed by atoms with Crippen molar-refractivity contribution in [2.45, 2.75) is 19.3 Å². The second-order valence-corrected chi connectivity index (χ2v) is 15.4. The van der Waals surface area contributed by atoms with Crippen molar-refractivity contribution in [3.63, 3.8) is 0 Å². The summed E-state index contributed by atoms with van der Waals surface area (Å²) in [6, 6.07) is 49.8. The van der Waals surface area contributed by atoms with E-state index in [1.165, 1.54) is 42.4 Å². The summed E-state index contributed by atoms with van der Waals surface area (Å²) >= 11 is 1.80. The number of para-hydroxylation sites is 2. The van der Waals surface area contributed by atoms with Gasteiger partial charge in [-0.05, 0) is 76.9 Å². The molecule has 242 valence electrons. The Labute approximate surface area is 303 Å². The standard InChI is InChI=1S/C47H28N4S/c1-47(2)36-16-8-4-12-28(36)32-22-33-34-23-35-31-15-7-11-19-44(31)52-45(35)25-42(34)51(41(33)24-37(32)47)46-38(49-3)20-27(26-48)21-43(46)50-39-17-9-5-13-29(39)30-14-6-10-18-40(30)50/h4-25H,1-2H3. The van der Waals surface area contributed by atoms with Gasteiger partial charge in [-0.2, -0.15) is 5.26 Å². The number of aromatic nitrogens is 2. The fourth-order valence-electron chi connectivity index (χ4n) is 9.00. The molecule has 5 heteroatoms. The third-order valence-electron chi connectivity index (χ3n) is 11.3. The zero-order valence-corrected chi connectivity index (χ0v) is 29.2. The Morgan fingerprint density at radius 2 is 1.23 bits per heavy atom. The highest BCUT2D eigenvalue weighted by atomic mass is 32.1. The molecule has 0 radical (unpaired) electrons. The minimum atomic E-state index is -0.207. The molecular formula is C47H28N4S. The van der Waals surface area contributed by atoms with E-state index in [2.05, 4.69) is 155 Å². The molecule has 0 amide bonds. The lowest BCUT2D eigenvalue weighted by Gasteiger charge is -2.22. The maximum absolute atomic E-state index is 10.3. The van der Waals surface area contributed by atoms with Crippen molar-refractivity contribution in [1.29, 1.82) is 5.26 Å². The number of nitrogens with zero attached hydrogens (tertiary/aromatic N) is 4. The van der Waals surface area contributed by atoms with E-state index < -0.39 is 0 Å². The van der Waals surface area contributed by atoms with Crippen LogP contribution in [-0.4, -0.2) is 9.13 Å². The van der Waals surface area contributed by atoms with Gasteiger partial charge in [-0.3, -0.25) is 0 Å². The van der Waals surface area contributed by atoms with Crippen LogP contribution in [0.3, 0.4) is 0 Å². The molecule has 7 aromatic carbocycles. The quantitative estimate of drug-likeness (QED) is 0.167. The van der Waals surface area contributed by atoms with Crippen LogP contribution in [0, 0.1) is 17.9 Å². The highest BCUT2D eigenvalue weighted by Crippen LogP contribution is 2.52. The molecule has 0 saturated heterocycles. The van der Waals surface area contributed by atoms with Gasteiger partial charge in [0.15, 0.2) is 0 Å². The van der Waals surface area contributed by atoms with Crippen LogP contribution in [0.15, 0.2) is 133 Å². The first-order valence-electron chi connectivity index (χ1n) is 17.4. The molecule has 0 aliphatic heterocycles. The van der Waals surface area contributed by atoms with Crippen LogP contribution in [0.5, 0.6) is 0 Å². The van der Waals surface area contributed by atoms with Crippen molar-refractivity contribution < 1.29 is 0 Å². The maximum atomic E-state index is 10.3. The van der Waals surface area contributed by atoms with E-state index >= 15 is 0 Å². The Kier molecular flexibility index (Phi) is 5.71. The van der Waals surface area contributed by atoms with Gasteiger partial charge in [-0.1, -0.05) is 92.7 Å². The van der Waals surface area contributed by atoms with E-state index in [1.54, 1.807) is 17.4 Å². The van der Waals surface area contributed by atoms with Crippen LogP contribution in [-0.2, 0) is 5.41 Å². The van der Waals surface area contributed by atoms with E-state index in [1.807, 2.05) is 6.07 Å². The van der Waals surface area contributed by atoms with Gasteiger partial charge in [0, 0.05) is 52.7 Å². The molecule has 52 heavy (non-hydrogen) atoms. The molecule has 4 nitrogen and oxygen atoms in total. The first-order chi connectivity index (χ1) is 25.5.